The minimum atomic E-state index is 1.10. The number of fused-ring (bicyclic) bond motifs is 6. The number of hydrogen-bond acceptors (Lipinski definition) is 1. The summed E-state index contributed by atoms with van der Waals surface area (Å²) in [5.41, 5.74) is 15.3. The van der Waals surface area contributed by atoms with E-state index in [-0.39, 0.29) is 0 Å². The van der Waals surface area contributed by atoms with Gasteiger partial charge in [0.2, 0.25) is 0 Å². The number of nitrogens with zero attached hydrogens (tertiary/aromatic N) is 1. The number of hydrogen-bond donors (Lipinski definition) is 0. The predicted octanol–water partition coefficient (Wildman–Crippen LogP) is 18.1. The van der Waals surface area contributed by atoms with Gasteiger partial charge >= 0.3 is 0 Å². The second-order valence-electron chi connectivity index (χ2n) is 16.9. The van der Waals surface area contributed by atoms with Crippen molar-refractivity contribution in [2.75, 3.05) is 4.90 Å². The highest BCUT2D eigenvalue weighted by molar-refractivity contribution is 6.09. The Balaban J connectivity index is 0.841. The van der Waals surface area contributed by atoms with Gasteiger partial charge in [0.15, 0.2) is 0 Å². The molecule has 0 saturated carbocycles. The highest BCUT2D eigenvalue weighted by atomic mass is 15.1. The summed E-state index contributed by atoms with van der Waals surface area (Å²) in [5.74, 6) is 0. The van der Waals surface area contributed by atoms with Crippen molar-refractivity contribution in [1.29, 1.82) is 0 Å². The molecule has 0 N–H and O–H groups in total. The summed E-state index contributed by atoms with van der Waals surface area (Å²) in [5, 5.41) is 10.2. The van der Waals surface area contributed by atoms with Gasteiger partial charge in [0.25, 0.3) is 0 Å². The molecule has 12 rings (SSSR count). The van der Waals surface area contributed by atoms with E-state index in [9.17, 15) is 0 Å². The van der Waals surface area contributed by atoms with Gasteiger partial charge in [-0.3, -0.25) is 0 Å². The van der Waals surface area contributed by atoms with E-state index in [2.05, 4.69) is 266 Å². The molecule has 0 bridgehead atoms. The quantitative estimate of drug-likeness (QED) is 0.138. The lowest BCUT2D eigenvalue weighted by molar-refractivity contribution is 1.28. The first-order chi connectivity index (χ1) is 32.2. The van der Waals surface area contributed by atoms with Crippen LogP contribution in [-0.4, -0.2) is 0 Å². The molecule has 0 saturated heterocycles. The first-order valence-corrected chi connectivity index (χ1v) is 22.4. The van der Waals surface area contributed by atoms with Gasteiger partial charge < -0.3 is 4.90 Å². The van der Waals surface area contributed by atoms with E-state index in [1.165, 1.54) is 98.7 Å². The lowest BCUT2D eigenvalue weighted by atomic mass is 9.96. The monoisotopic (exact) mass is 825 g/mol. The smallest absolute Gasteiger partial charge is 0.0540 e. The lowest BCUT2D eigenvalue weighted by Crippen LogP contribution is -2.11. The molecule has 12 aromatic rings. The molecule has 1 heteroatoms. The molecule has 304 valence electrons. The van der Waals surface area contributed by atoms with E-state index >= 15 is 0 Å². The Kier molecular flexibility index (Phi) is 9.58. The molecule has 0 aromatic heterocycles. The Morgan fingerprint density at radius 1 is 0.200 bits per heavy atom. The summed E-state index contributed by atoms with van der Waals surface area (Å²) >= 11 is 0. The summed E-state index contributed by atoms with van der Waals surface area (Å²) in [6.45, 7) is 0. The molecular weight excluding hydrogens is 783 g/mol. The van der Waals surface area contributed by atoms with Crippen LogP contribution in [0.15, 0.2) is 261 Å². The minimum Gasteiger partial charge on any atom is -0.310 e. The largest absolute Gasteiger partial charge is 0.310 e. The molecular formula is C64H43N. The molecule has 0 atom stereocenters. The van der Waals surface area contributed by atoms with Crippen LogP contribution in [0.2, 0.25) is 0 Å². The zero-order valence-corrected chi connectivity index (χ0v) is 35.8. The van der Waals surface area contributed by atoms with Crippen molar-refractivity contribution in [3.8, 4) is 55.6 Å². The van der Waals surface area contributed by atoms with Crippen molar-refractivity contribution in [1.82, 2.24) is 0 Å². The SMILES string of the molecule is c1ccc(-c2ccccc2N(c2ccc(-c3ccc(-c4ccc5c(ccc6ccccc65)c4)cc3)cc2)c2ccc(-c3ccc(-c4ccc5c(ccc6ccccc65)c4)cc3)cc2)cc1. The van der Waals surface area contributed by atoms with Crippen molar-refractivity contribution >= 4 is 60.2 Å². The highest BCUT2D eigenvalue weighted by Gasteiger charge is 2.18. The second kappa shape index (κ2) is 16.3. The van der Waals surface area contributed by atoms with Crippen LogP contribution >= 0.6 is 0 Å². The van der Waals surface area contributed by atoms with Crippen LogP contribution in [0.25, 0.3) is 98.7 Å². The van der Waals surface area contributed by atoms with Gasteiger partial charge in [-0.25, -0.2) is 0 Å². The first-order valence-electron chi connectivity index (χ1n) is 22.4. The Bertz CT molecular complexity index is 3460. The maximum absolute atomic E-state index is 2.38. The summed E-state index contributed by atoms with van der Waals surface area (Å²) < 4.78 is 0. The molecule has 0 spiro atoms. The lowest BCUT2D eigenvalue weighted by Gasteiger charge is -2.28. The third-order valence-corrected chi connectivity index (χ3v) is 13.1. The molecule has 0 heterocycles. The fourth-order valence-electron chi connectivity index (χ4n) is 9.66. The van der Waals surface area contributed by atoms with Crippen LogP contribution < -0.4 is 4.90 Å². The average Bonchev–Trinajstić information content (AvgIpc) is 3.39. The molecule has 0 aliphatic heterocycles. The summed E-state index contributed by atoms with van der Waals surface area (Å²) in [6.07, 6.45) is 0. The van der Waals surface area contributed by atoms with Crippen molar-refractivity contribution in [2.24, 2.45) is 0 Å². The molecule has 0 aliphatic carbocycles. The maximum atomic E-state index is 2.38. The Labute approximate surface area is 379 Å². The molecule has 65 heavy (non-hydrogen) atoms. The zero-order valence-electron chi connectivity index (χ0n) is 35.8. The van der Waals surface area contributed by atoms with Gasteiger partial charge in [-0.05, 0) is 136 Å². The molecule has 0 fully saturated rings. The summed E-state index contributed by atoms with van der Waals surface area (Å²) in [7, 11) is 0. The number of para-hydroxylation sites is 1. The third-order valence-electron chi connectivity index (χ3n) is 13.1. The van der Waals surface area contributed by atoms with Crippen molar-refractivity contribution in [3.05, 3.63) is 261 Å². The number of benzene rings is 12. The maximum Gasteiger partial charge on any atom is 0.0540 e. The third kappa shape index (κ3) is 7.20. The fourth-order valence-corrected chi connectivity index (χ4v) is 9.66. The molecule has 0 unspecified atom stereocenters. The number of rotatable bonds is 8. The van der Waals surface area contributed by atoms with Crippen LogP contribution in [0, 0.1) is 0 Å². The Morgan fingerprint density at radius 3 is 1.02 bits per heavy atom. The van der Waals surface area contributed by atoms with Gasteiger partial charge in [-0.2, -0.15) is 0 Å². The van der Waals surface area contributed by atoms with Crippen LogP contribution in [-0.2, 0) is 0 Å². The van der Waals surface area contributed by atoms with Gasteiger partial charge in [0.1, 0.15) is 0 Å². The normalized spacial score (nSPS) is 11.4. The zero-order chi connectivity index (χ0) is 43.1. The van der Waals surface area contributed by atoms with Crippen LogP contribution in [0.1, 0.15) is 0 Å². The standard InChI is InChI=1S/C64H43N/c1-2-10-50(11-3-1)63-16-8-9-17-64(63)65(57-36-30-46(31-37-57)44-18-22-48(23-19-44)53-34-40-61-55(42-53)28-26-51-12-4-6-14-59(51)61)58-38-32-47(33-39-58)45-20-24-49(25-21-45)54-35-41-62-56(43-54)29-27-52-13-5-7-15-60(52)62/h1-43H. The molecule has 12 aromatic carbocycles. The van der Waals surface area contributed by atoms with E-state index < -0.39 is 0 Å². The van der Waals surface area contributed by atoms with Crippen molar-refractivity contribution in [3.63, 3.8) is 0 Å². The summed E-state index contributed by atoms with van der Waals surface area (Å²) in [6, 6.07) is 95.1. The van der Waals surface area contributed by atoms with E-state index in [4.69, 9.17) is 0 Å². The molecule has 0 radical (unpaired) electrons. The van der Waals surface area contributed by atoms with Gasteiger partial charge in [0, 0.05) is 16.9 Å². The first kappa shape index (κ1) is 38.2. The van der Waals surface area contributed by atoms with E-state index in [1.54, 1.807) is 0 Å². The van der Waals surface area contributed by atoms with Crippen LogP contribution in [0.3, 0.4) is 0 Å². The topological polar surface area (TPSA) is 3.24 Å². The van der Waals surface area contributed by atoms with E-state index in [0.717, 1.165) is 17.1 Å². The van der Waals surface area contributed by atoms with Gasteiger partial charge in [0.05, 0.1) is 5.69 Å². The van der Waals surface area contributed by atoms with Gasteiger partial charge in [-0.15, -0.1) is 0 Å². The highest BCUT2D eigenvalue weighted by Crippen LogP contribution is 2.42. The van der Waals surface area contributed by atoms with Crippen LogP contribution in [0.4, 0.5) is 17.1 Å². The molecule has 1 nitrogen and oxygen atoms in total. The fraction of sp³-hybridized carbons (Fsp3) is 0. The minimum absolute atomic E-state index is 1.10. The molecule has 0 amide bonds. The number of anilines is 3. The van der Waals surface area contributed by atoms with E-state index in [0.29, 0.717) is 0 Å². The second-order valence-corrected chi connectivity index (χ2v) is 16.9. The van der Waals surface area contributed by atoms with Gasteiger partial charge in [-0.1, -0.05) is 218 Å². The molecule has 0 aliphatic rings. The Morgan fingerprint density at radius 2 is 0.538 bits per heavy atom. The predicted molar refractivity (Wildman–Crippen MR) is 278 cm³/mol. The van der Waals surface area contributed by atoms with E-state index in [1.807, 2.05) is 0 Å². The van der Waals surface area contributed by atoms with Crippen molar-refractivity contribution in [2.45, 2.75) is 0 Å². The summed E-state index contributed by atoms with van der Waals surface area (Å²) in [4.78, 5) is 2.38. The van der Waals surface area contributed by atoms with Crippen LogP contribution in [0.5, 0.6) is 0 Å². The average molecular weight is 826 g/mol. The Hall–Kier alpha value is -8.52. The van der Waals surface area contributed by atoms with Crippen molar-refractivity contribution < 1.29 is 0 Å².